The molecule has 2 atom stereocenters. The van der Waals surface area contributed by atoms with Crippen LogP contribution < -0.4 is 5.32 Å². The molecule has 2 aliphatic heterocycles. The molecule has 0 bridgehead atoms. The smallest absolute Gasteiger partial charge is 0.307 e. The highest BCUT2D eigenvalue weighted by Gasteiger charge is 2.31. The number of carbonyl (C=O) groups is 1. The predicted octanol–water partition coefficient (Wildman–Crippen LogP) is 7.29. The summed E-state index contributed by atoms with van der Waals surface area (Å²) >= 11 is 0. The van der Waals surface area contributed by atoms with Crippen molar-refractivity contribution in [1.29, 1.82) is 5.26 Å². The molecule has 0 amide bonds. The van der Waals surface area contributed by atoms with Gasteiger partial charge in [0.05, 0.1) is 22.6 Å². The fraction of sp³-hybridized carbons (Fsp3) is 0.349. The van der Waals surface area contributed by atoms with Crippen molar-refractivity contribution in [3.05, 3.63) is 94.4 Å². The van der Waals surface area contributed by atoms with E-state index in [1.54, 1.807) is 0 Å². The monoisotopic (exact) mass is 736 g/mol. The van der Waals surface area contributed by atoms with E-state index in [-0.39, 0.29) is 5.92 Å². The highest BCUT2D eigenvalue weighted by Crippen LogP contribution is 2.38. The van der Waals surface area contributed by atoms with Gasteiger partial charge in [-0.3, -0.25) is 19.6 Å². The van der Waals surface area contributed by atoms with Crippen LogP contribution in [-0.2, 0) is 17.9 Å². The molecule has 6 aromatic rings. The summed E-state index contributed by atoms with van der Waals surface area (Å²) < 4.78 is 6.31. The molecule has 1 unspecified atom stereocenters. The molecule has 8 rings (SSSR count). The van der Waals surface area contributed by atoms with Gasteiger partial charge >= 0.3 is 5.97 Å². The fourth-order valence-electron chi connectivity index (χ4n) is 8.17. The number of aromatic nitrogens is 4. The van der Waals surface area contributed by atoms with Gasteiger partial charge in [0.2, 0.25) is 5.89 Å². The van der Waals surface area contributed by atoms with Crippen molar-refractivity contribution in [3.63, 3.8) is 0 Å². The highest BCUT2D eigenvalue weighted by atomic mass is 16.4. The van der Waals surface area contributed by atoms with E-state index in [1.165, 1.54) is 0 Å². The van der Waals surface area contributed by atoms with Gasteiger partial charge in [0.25, 0.3) is 0 Å². The molecule has 3 aromatic carbocycles. The fourth-order valence-corrected chi connectivity index (χ4v) is 8.17. The Balaban J connectivity index is 1.07. The third kappa shape index (κ3) is 7.38. The lowest BCUT2D eigenvalue weighted by Gasteiger charge is -2.30. The number of anilines is 2. The average molecular weight is 737 g/mol. The summed E-state index contributed by atoms with van der Waals surface area (Å²) in [6.45, 7) is 11.9. The molecule has 0 saturated carbocycles. The van der Waals surface area contributed by atoms with Crippen LogP contribution in [0.15, 0.2) is 65.2 Å². The zero-order valence-electron chi connectivity index (χ0n) is 31.6. The topological polar surface area (TPSA) is 165 Å². The number of aliphatic carboxylic acids is 1. The quantitative estimate of drug-likeness (QED) is 0.136. The summed E-state index contributed by atoms with van der Waals surface area (Å²) in [6.07, 6.45) is 4.14. The number of β-amino-alcohol motifs (C(OH)–C–C–N with tert-alkyl or cyclic N) is 1. The van der Waals surface area contributed by atoms with Gasteiger partial charge in [-0.25, -0.2) is 15.0 Å². The molecule has 2 saturated heterocycles. The van der Waals surface area contributed by atoms with Gasteiger partial charge in [-0.05, 0) is 117 Å². The Morgan fingerprint density at radius 2 is 1.71 bits per heavy atom. The van der Waals surface area contributed by atoms with Crippen LogP contribution in [0.25, 0.3) is 44.7 Å². The minimum atomic E-state index is -0.762. The van der Waals surface area contributed by atoms with E-state index in [9.17, 15) is 20.3 Å². The van der Waals surface area contributed by atoms with Gasteiger partial charge in [0, 0.05) is 50.2 Å². The van der Waals surface area contributed by atoms with Crippen LogP contribution in [0.3, 0.4) is 0 Å². The maximum absolute atomic E-state index is 11.6. The maximum Gasteiger partial charge on any atom is 0.307 e. The van der Waals surface area contributed by atoms with Crippen LogP contribution in [0.5, 0.6) is 0 Å². The van der Waals surface area contributed by atoms with Crippen molar-refractivity contribution in [2.45, 2.75) is 65.6 Å². The standard InChI is InChI=1S/C43H44N8O4/c1-25-32(9-5-11-34(25)41-49-37-17-28(16-31(19-44)39(37)55-41)21-50-14-7-8-30(23-50)42(52)53)33-10-6-12-35(26(33)2)48-40-38-36(46-27(3)47-40)18-29(20-45-38)22-51-15-13-43(4,54)24-51/h5-6,9-12,16-18,20,30,54H,7-8,13-15,21-24H2,1-4H3,(H,52,53)(H,46,47,48)/t30?,43-/m0/s1. The van der Waals surface area contributed by atoms with Crippen molar-refractivity contribution in [3.8, 4) is 28.7 Å². The summed E-state index contributed by atoms with van der Waals surface area (Å²) in [5, 5.41) is 33.6. The Labute approximate surface area is 319 Å². The molecule has 0 spiro atoms. The van der Waals surface area contributed by atoms with Gasteiger partial charge in [-0.1, -0.05) is 24.3 Å². The van der Waals surface area contributed by atoms with Gasteiger partial charge < -0.3 is 19.9 Å². The second-order valence-electron chi connectivity index (χ2n) is 15.4. The number of carboxylic acid groups (broad SMARTS) is 1. The molecule has 5 heterocycles. The second-order valence-corrected chi connectivity index (χ2v) is 15.4. The number of fused-ring (bicyclic) bond motifs is 2. The number of likely N-dealkylation sites (tertiary alicyclic amines) is 2. The number of hydrogen-bond acceptors (Lipinski definition) is 11. The first-order chi connectivity index (χ1) is 26.4. The predicted molar refractivity (Wildman–Crippen MR) is 211 cm³/mol. The lowest BCUT2D eigenvalue weighted by atomic mass is 9.93. The first-order valence-corrected chi connectivity index (χ1v) is 18.8. The molecule has 3 N–H and O–H groups in total. The normalized spacial score (nSPS) is 19.2. The number of oxazole rings is 1. The average Bonchev–Trinajstić information content (AvgIpc) is 3.74. The summed E-state index contributed by atoms with van der Waals surface area (Å²) in [4.78, 5) is 35.1. The summed E-state index contributed by atoms with van der Waals surface area (Å²) in [6, 6.07) is 20.3. The van der Waals surface area contributed by atoms with E-state index in [1.807, 2.05) is 56.4 Å². The van der Waals surface area contributed by atoms with E-state index in [4.69, 9.17) is 24.4 Å². The number of nitrogens with one attached hydrogen (secondary N) is 1. The largest absolute Gasteiger partial charge is 0.481 e. The van der Waals surface area contributed by atoms with Crippen molar-refractivity contribution < 1.29 is 19.4 Å². The number of aliphatic hydroxyl groups is 1. The highest BCUT2D eigenvalue weighted by molar-refractivity contribution is 5.90. The molecule has 3 aromatic heterocycles. The zero-order valence-corrected chi connectivity index (χ0v) is 31.6. The molecule has 0 radical (unpaired) electrons. The molecule has 2 aliphatic rings. The molecule has 55 heavy (non-hydrogen) atoms. The Morgan fingerprint density at radius 1 is 0.964 bits per heavy atom. The minimum Gasteiger partial charge on any atom is -0.481 e. The van der Waals surface area contributed by atoms with Gasteiger partial charge in [-0.2, -0.15) is 5.26 Å². The lowest BCUT2D eigenvalue weighted by molar-refractivity contribution is -0.143. The number of carboxylic acids is 1. The van der Waals surface area contributed by atoms with Crippen molar-refractivity contribution in [2.75, 3.05) is 31.5 Å². The van der Waals surface area contributed by atoms with E-state index < -0.39 is 11.6 Å². The first kappa shape index (κ1) is 36.2. The number of aryl methyl sites for hydroxylation is 1. The third-order valence-electron chi connectivity index (χ3n) is 11.0. The Hall–Kier alpha value is -5.74. The van der Waals surface area contributed by atoms with E-state index in [0.717, 1.165) is 76.1 Å². The number of piperidine rings is 1. The number of nitrogens with zero attached hydrogens (tertiary/aromatic N) is 7. The van der Waals surface area contributed by atoms with Gasteiger partial charge in [-0.15, -0.1) is 0 Å². The maximum atomic E-state index is 11.6. The van der Waals surface area contributed by atoms with Crippen LogP contribution in [0, 0.1) is 38.0 Å². The second kappa shape index (κ2) is 14.5. The number of pyridine rings is 1. The minimum absolute atomic E-state index is 0.380. The summed E-state index contributed by atoms with van der Waals surface area (Å²) in [5.74, 6) is 0.558. The first-order valence-electron chi connectivity index (χ1n) is 18.8. The molecular weight excluding hydrogens is 693 g/mol. The van der Waals surface area contributed by atoms with E-state index in [0.29, 0.717) is 72.3 Å². The van der Waals surface area contributed by atoms with E-state index in [2.05, 4.69) is 53.2 Å². The molecular formula is C43H44N8O4. The molecule has 12 heteroatoms. The zero-order chi connectivity index (χ0) is 38.4. The van der Waals surface area contributed by atoms with Crippen molar-refractivity contribution in [2.24, 2.45) is 5.92 Å². The molecule has 0 aliphatic carbocycles. The van der Waals surface area contributed by atoms with Gasteiger partial charge in [0.1, 0.15) is 22.9 Å². The number of hydrogen-bond donors (Lipinski definition) is 3. The van der Waals surface area contributed by atoms with Crippen LogP contribution >= 0.6 is 0 Å². The van der Waals surface area contributed by atoms with Crippen LogP contribution in [-0.4, -0.2) is 77.7 Å². The van der Waals surface area contributed by atoms with Crippen LogP contribution in [0.1, 0.15) is 59.8 Å². The number of benzene rings is 3. The Kier molecular flexibility index (Phi) is 9.55. The van der Waals surface area contributed by atoms with Crippen LogP contribution in [0.2, 0.25) is 0 Å². The summed E-state index contributed by atoms with van der Waals surface area (Å²) in [5.41, 5.74) is 9.96. The third-order valence-corrected chi connectivity index (χ3v) is 11.0. The molecule has 2 fully saturated rings. The lowest BCUT2D eigenvalue weighted by Crippen LogP contribution is -2.38. The summed E-state index contributed by atoms with van der Waals surface area (Å²) in [7, 11) is 0. The number of rotatable bonds is 9. The SMILES string of the molecule is Cc1nc(Nc2cccc(-c3cccc(-c4nc5cc(CN6CCCC(C(=O)O)C6)cc(C#N)c5o4)c3C)c2C)c2ncc(CN3CC[C@](C)(O)C3)cc2n1. The van der Waals surface area contributed by atoms with Crippen molar-refractivity contribution >= 4 is 39.6 Å². The number of nitriles is 1. The Morgan fingerprint density at radius 3 is 2.47 bits per heavy atom. The molecule has 280 valence electrons. The van der Waals surface area contributed by atoms with Crippen LogP contribution in [0.4, 0.5) is 11.5 Å². The molecule has 12 nitrogen and oxygen atoms in total. The Bertz CT molecular complexity index is 2500. The van der Waals surface area contributed by atoms with Crippen molar-refractivity contribution in [1.82, 2.24) is 29.7 Å². The van der Waals surface area contributed by atoms with Gasteiger partial charge in [0.15, 0.2) is 11.4 Å². The van der Waals surface area contributed by atoms with E-state index >= 15 is 0 Å².